The highest BCUT2D eigenvalue weighted by Crippen LogP contribution is 2.34. The molecule has 1 aromatic heterocycles. The van der Waals surface area contributed by atoms with Crippen molar-refractivity contribution in [1.82, 2.24) is 20.1 Å². The summed E-state index contributed by atoms with van der Waals surface area (Å²) in [6, 6.07) is 13.8. The van der Waals surface area contributed by atoms with E-state index in [-0.39, 0.29) is 11.7 Å². The number of amides is 1. The van der Waals surface area contributed by atoms with Gasteiger partial charge in [0.25, 0.3) is 0 Å². The molecule has 1 unspecified atom stereocenters. The van der Waals surface area contributed by atoms with Crippen molar-refractivity contribution in [2.45, 2.75) is 43.1 Å². The largest absolute Gasteiger partial charge is 0.495 e. The molecule has 1 N–H and O–H groups in total. The molecule has 0 aliphatic carbocycles. The molecule has 1 aliphatic rings. The fourth-order valence-corrected chi connectivity index (χ4v) is 4.69. The van der Waals surface area contributed by atoms with Crippen LogP contribution >= 0.6 is 11.8 Å². The maximum absolute atomic E-state index is 13.1. The second-order valence-corrected chi connectivity index (χ2v) is 9.25. The molecule has 1 fully saturated rings. The van der Waals surface area contributed by atoms with Crippen LogP contribution < -0.4 is 15.0 Å². The molecular weight excluding hydrogens is 441 g/mol. The monoisotopic (exact) mass is 469 g/mol. The molecule has 1 saturated heterocycles. The van der Waals surface area contributed by atoms with Crippen molar-refractivity contribution >= 4 is 23.6 Å². The van der Waals surface area contributed by atoms with Crippen molar-refractivity contribution in [3.63, 3.8) is 0 Å². The highest BCUT2D eigenvalue weighted by Gasteiger charge is 2.26. The van der Waals surface area contributed by atoms with Crippen LogP contribution in [-0.4, -0.2) is 46.1 Å². The lowest BCUT2D eigenvalue weighted by Gasteiger charge is -2.28. The van der Waals surface area contributed by atoms with E-state index < -0.39 is 5.25 Å². The first-order valence-electron chi connectivity index (χ1n) is 11.1. The van der Waals surface area contributed by atoms with Gasteiger partial charge in [0.2, 0.25) is 11.9 Å². The zero-order valence-electron chi connectivity index (χ0n) is 18.8. The molecule has 9 heteroatoms. The third-order valence-electron chi connectivity index (χ3n) is 5.61. The van der Waals surface area contributed by atoms with E-state index in [2.05, 4.69) is 20.4 Å². The van der Waals surface area contributed by atoms with Crippen LogP contribution in [0.5, 0.6) is 5.75 Å². The Morgan fingerprint density at radius 2 is 1.85 bits per heavy atom. The number of nitrogens with zero attached hydrogens (tertiary/aromatic N) is 4. The van der Waals surface area contributed by atoms with Gasteiger partial charge in [0, 0.05) is 19.6 Å². The summed E-state index contributed by atoms with van der Waals surface area (Å²) in [6.45, 7) is 4.02. The van der Waals surface area contributed by atoms with E-state index in [0.29, 0.717) is 17.5 Å². The number of piperidine rings is 1. The highest BCUT2D eigenvalue weighted by atomic mass is 32.2. The number of anilines is 1. The topological polar surface area (TPSA) is 72.3 Å². The molecule has 0 radical (unpaired) electrons. The van der Waals surface area contributed by atoms with Crippen LogP contribution in [0.1, 0.15) is 31.7 Å². The summed E-state index contributed by atoms with van der Waals surface area (Å²) in [5.74, 6) is 1.05. The summed E-state index contributed by atoms with van der Waals surface area (Å²) >= 11 is 1.35. The number of carbonyl (C=O) groups excluding carboxylic acids is 1. The van der Waals surface area contributed by atoms with Gasteiger partial charge < -0.3 is 15.0 Å². The van der Waals surface area contributed by atoms with E-state index >= 15 is 0 Å². The summed E-state index contributed by atoms with van der Waals surface area (Å²) in [4.78, 5) is 15.0. The second kappa shape index (κ2) is 10.7. The van der Waals surface area contributed by atoms with E-state index in [1.807, 2.05) is 35.8 Å². The number of benzene rings is 2. The summed E-state index contributed by atoms with van der Waals surface area (Å²) in [6.07, 6.45) is 3.44. The molecule has 0 bridgehead atoms. The van der Waals surface area contributed by atoms with Crippen LogP contribution in [0, 0.1) is 5.82 Å². The molecule has 1 aliphatic heterocycles. The average Bonchev–Trinajstić information content (AvgIpc) is 3.27. The smallest absolute Gasteiger partial charge is 0.233 e. The van der Waals surface area contributed by atoms with Gasteiger partial charge in [0.05, 0.1) is 18.0 Å². The standard InChI is InChI=1S/C24H28FN5O2S/c1-17(22(31)26-16-18-10-12-19(25)13-11-18)33-24-28-27-23(29-14-6-3-7-15-29)30(24)20-8-4-5-9-21(20)32-2/h4-5,8-13,17H,3,6-7,14-16H2,1-2H3,(H,26,31). The zero-order chi connectivity index (χ0) is 23.2. The Kier molecular flexibility index (Phi) is 7.49. The normalized spacial score (nSPS) is 14.7. The van der Waals surface area contributed by atoms with E-state index in [9.17, 15) is 9.18 Å². The summed E-state index contributed by atoms with van der Waals surface area (Å²) in [7, 11) is 1.64. The number of hydrogen-bond acceptors (Lipinski definition) is 6. The summed E-state index contributed by atoms with van der Waals surface area (Å²) in [5, 5.41) is 12.1. The van der Waals surface area contributed by atoms with Gasteiger partial charge in [0.1, 0.15) is 11.6 Å². The van der Waals surface area contributed by atoms with Crippen LogP contribution in [0.3, 0.4) is 0 Å². The average molecular weight is 470 g/mol. The van der Waals surface area contributed by atoms with Crippen molar-refractivity contribution in [1.29, 1.82) is 0 Å². The molecular formula is C24H28FN5O2S. The molecule has 2 aromatic carbocycles. The Balaban J connectivity index is 1.55. The zero-order valence-corrected chi connectivity index (χ0v) is 19.6. The lowest BCUT2D eigenvalue weighted by Crippen LogP contribution is -2.32. The minimum atomic E-state index is -0.405. The number of methoxy groups -OCH3 is 1. The third kappa shape index (κ3) is 5.47. The van der Waals surface area contributed by atoms with Crippen LogP contribution in [0.4, 0.5) is 10.3 Å². The first kappa shape index (κ1) is 23.1. The fraction of sp³-hybridized carbons (Fsp3) is 0.375. The van der Waals surface area contributed by atoms with Gasteiger partial charge in [-0.25, -0.2) is 4.39 Å². The molecule has 1 amide bonds. The van der Waals surface area contributed by atoms with Gasteiger partial charge in [-0.15, -0.1) is 10.2 Å². The van der Waals surface area contributed by atoms with Gasteiger partial charge in [0.15, 0.2) is 5.16 Å². The van der Waals surface area contributed by atoms with Crippen molar-refractivity contribution in [3.05, 3.63) is 59.9 Å². The van der Waals surface area contributed by atoms with Crippen molar-refractivity contribution < 1.29 is 13.9 Å². The molecule has 33 heavy (non-hydrogen) atoms. The Morgan fingerprint density at radius 3 is 2.58 bits per heavy atom. The van der Waals surface area contributed by atoms with E-state index in [4.69, 9.17) is 4.74 Å². The molecule has 0 saturated carbocycles. The van der Waals surface area contributed by atoms with Gasteiger partial charge in [-0.1, -0.05) is 36.0 Å². The Bertz CT molecular complexity index is 1080. The van der Waals surface area contributed by atoms with Gasteiger partial charge in [-0.2, -0.15) is 0 Å². The Hall–Kier alpha value is -3.07. The van der Waals surface area contributed by atoms with Crippen LogP contribution in [0.25, 0.3) is 5.69 Å². The number of nitrogens with one attached hydrogen (secondary N) is 1. The van der Waals surface area contributed by atoms with E-state index in [0.717, 1.165) is 43.1 Å². The number of aromatic nitrogens is 3. The minimum absolute atomic E-state index is 0.126. The first-order valence-corrected chi connectivity index (χ1v) is 12.0. The Morgan fingerprint density at radius 1 is 1.12 bits per heavy atom. The van der Waals surface area contributed by atoms with Gasteiger partial charge in [-0.05, 0) is 56.0 Å². The molecule has 0 spiro atoms. The quantitative estimate of drug-likeness (QED) is 0.499. The predicted octanol–water partition coefficient (Wildman–Crippen LogP) is 4.20. The lowest BCUT2D eigenvalue weighted by molar-refractivity contribution is -0.120. The fourth-order valence-electron chi connectivity index (χ4n) is 3.81. The second-order valence-electron chi connectivity index (χ2n) is 7.94. The van der Waals surface area contributed by atoms with E-state index in [1.165, 1.54) is 30.3 Å². The number of carbonyl (C=O) groups is 1. The van der Waals surface area contributed by atoms with Crippen molar-refractivity contribution in [2.24, 2.45) is 0 Å². The van der Waals surface area contributed by atoms with Crippen LogP contribution in [0.2, 0.25) is 0 Å². The third-order valence-corrected chi connectivity index (χ3v) is 6.66. The number of ether oxygens (including phenoxy) is 1. The molecule has 4 rings (SSSR count). The Labute approximate surface area is 197 Å². The van der Waals surface area contributed by atoms with Gasteiger partial charge >= 0.3 is 0 Å². The van der Waals surface area contributed by atoms with E-state index in [1.54, 1.807) is 19.2 Å². The number of rotatable bonds is 8. The lowest BCUT2D eigenvalue weighted by atomic mass is 10.1. The van der Waals surface area contributed by atoms with Crippen LogP contribution in [0.15, 0.2) is 53.7 Å². The van der Waals surface area contributed by atoms with Crippen molar-refractivity contribution in [3.8, 4) is 11.4 Å². The van der Waals surface area contributed by atoms with Crippen molar-refractivity contribution in [2.75, 3.05) is 25.1 Å². The predicted molar refractivity (Wildman–Crippen MR) is 128 cm³/mol. The molecule has 3 aromatic rings. The first-order chi connectivity index (χ1) is 16.1. The summed E-state index contributed by atoms with van der Waals surface area (Å²) in [5.41, 5.74) is 1.68. The number of para-hydroxylation sites is 2. The maximum Gasteiger partial charge on any atom is 0.233 e. The molecule has 2 heterocycles. The summed E-state index contributed by atoms with van der Waals surface area (Å²) < 4.78 is 20.7. The minimum Gasteiger partial charge on any atom is -0.495 e. The molecule has 174 valence electrons. The SMILES string of the molecule is COc1ccccc1-n1c(SC(C)C(=O)NCc2ccc(F)cc2)nnc1N1CCCCC1. The number of thioether (sulfide) groups is 1. The highest BCUT2D eigenvalue weighted by molar-refractivity contribution is 8.00. The van der Waals surface area contributed by atoms with Gasteiger partial charge in [-0.3, -0.25) is 9.36 Å². The molecule has 1 atom stereocenters. The number of hydrogen-bond donors (Lipinski definition) is 1. The molecule has 7 nitrogen and oxygen atoms in total. The van der Waals surface area contributed by atoms with Crippen LogP contribution in [-0.2, 0) is 11.3 Å². The number of halogens is 1. The maximum atomic E-state index is 13.1.